The first-order valence-corrected chi connectivity index (χ1v) is 10.7. The van der Waals surface area contributed by atoms with Gasteiger partial charge in [0.1, 0.15) is 7.11 Å². The summed E-state index contributed by atoms with van der Waals surface area (Å²) in [7, 11) is 1.47. The van der Waals surface area contributed by atoms with Gasteiger partial charge in [0.15, 0.2) is 0 Å². The molecule has 1 aliphatic rings. The van der Waals surface area contributed by atoms with Crippen LogP contribution in [0.25, 0.3) is 11.1 Å². The first kappa shape index (κ1) is 22.1. The van der Waals surface area contributed by atoms with Crippen LogP contribution >= 0.6 is 0 Å². The van der Waals surface area contributed by atoms with E-state index in [4.69, 9.17) is 10.6 Å². The molecule has 0 aliphatic carbocycles. The molecular formula is C26H26N4O3. The van der Waals surface area contributed by atoms with Crippen LogP contribution in [-0.2, 0) is 9.63 Å². The molecule has 0 aromatic heterocycles. The molecule has 7 nitrogen and oxygen atoms in total. The number of para-hydroxylation sites is 2. The van der Waals surface area contributed by atoms with Crippen molar-refractivity contribution in [2.45, 2.75) is 18.9 Å². The van der Waals surface area contributed by atoms with Crippen molar-refractivity contribution in [3.63, 3.8) is 0 Å². The SMILES string of the molecule is CO/N=C1/C[C@@H](CC(=O)Nc2ccccc2N)N(C(=O)c2ccc(-c3ccccc3)cc2)C1. The van der Waals surface area contributed by atoms with E-state index in [0.29, 0.717) is 29.9 Å². The summed E-state index contributed by atoms with van der Waals surface area (Å²) in [5, 5.41) is 6.87. The van der Waals surface area contributed by atoms with E-state index in [1.807, 2.05) is 54.6 Å². The molecule has 1 fully saturated rings. The van der Waals surface area contributed by atoms with Gasteiger partial charge in [-0.15, -0.1) is 0 Å². The molecule has 1 heterocycles. The Morgan fingerprint density at radius 2 is 1.67 bits per heavy atom. The normalized spacial score (nSPS) is 16.6. The molecule has 0 unspecified atom stereocenters. The Kier molecular flexibility index (Phi) is 6.69. The number of carbonyl (C=O) groups is 2. The van der Waals surface area contributed by atoms with E-state index in [0.717, 1.165) is 16.8 Å². The van der Waals surface area contributed by atoms with E-state index in [2.05, 4.69) is 10.5 Å². The highest BCUT2D eigenvalue weighted by atomic mass is 16.6. The van der Waals surface area contributed by atoms with Crippen LogP contribution in [0.3, 0.4) is 0 Å². The lowest BCUT2D eigenvalue weighted by Crippen LogP contribution is -2.38. The Bertz CT molecular complexity index is 1160. The van der Waals surface area contributed by atoms with Crippen molar-refractivity contribution in [3.8, 4) is 11.1 Å². The second kappa shape index (κ2) is 9.99. The van der Waals surface area contributed by atoms with Crippen molar-refractivity contribution < 1.29 is 14.4 Å². The Labute approximate surface area is 192 Å². The van der Waals surface area contributed by atoms with Crippen molar-refractivity contribution in [2.75, 3.05) is 24.7 Å². The van der Waals surface area contributed by atoms with Gasteiger partial charge in [0.05, 0.1) is 23.6 Å². The summed E-state index contributed by atoms with van der Waals surface area (Å²) in [6, 6.07) is 24.2. The number of nitrogens with one attached hydrogen (secondary N) is 1. The molecule has 33 heavy (non-hydrogen) atoms. The molecule has 1 aliphatic heterocycles. The van der Waals surface area contributed by atoms with Crippen molar-refractivity contribution in [1.82, 2.24) is 4.90 Å². The molecule has 4 rings (SSSR count). The van der Waals surface area contributed by atoms with Crippen molar-refractivity contribution in [2.24, 2.45) is 5.16 Å². The number of benzene rings is 3. The molecule has 3 aromatic rings. The number of oxime groups is 1. The van der Waals surface area contributed by atoms with Crippen LogP contribution in [0, 0.1) is 0 Å². The first-order valence-electron chi connectivity index (χ1n) is 10.7. The van der Waals surface area contributed by atoms with Crippen molar-refractivity contribution >= 4 is 28.9 Å². The van der Waals surface area contributed by atoms with Crippen LogP contribution < -0.4 is 11.1 Å². The van der Waals surface area contributed by atoms with Crippen LogP contribution in [-0.4, -0.2) is 42.1 Å². The maximum Gasteiger partial charge on any atom is 0.254 e. The molecule has 0 radical (unpaired) electrons. The van der Waals surface area contributed by atoms with Gasteiger partial charge >= 0.3 is 0 Å². The summed E-state index contributed by atoms with van der Waals surface area (Å²) in [6.07, 6.45) is 0.601. The van der Waals surface area contributed by atoms with E-state index in [9.17, 15) is 9.59 Å². The highest BCUT2D eigenvalue weighted by Crippen LogP contribution is 2.25. The molecule has 168 valence electrons. The molecule has 1 atom stereocenters. The maximum atomic E-state index is 13.3. The number of nitrogens with zero attached hydrogens (tertiary/aromatic N) is 2. The minimum atomic E-state index is -0.329. The summed E-state index contributed by atoms with van der Waals surface area (Å²) in [6.45, 7) is 0.318. The molecule has 3 N–H and O–H groups in total. The quantitative estimate of drug-likeness (QED) is 0.442. The van der Waals surface area contributed by atoms with E-state index < -0.39 is 0 Å². The zero-order valence-corrected chi connectivity index (χ0v) is 18.4. The summed E-state index contributed by atoms with van der Waals surface area (Å²) in [5.74, 6) is -0.360. The predicted octanol–water partition coefficient (Wildman–Crippen LogP) is 4.18. The number of rotatable bonds is 6. The lowest BCUT2D eigenvalue weighted by atomic mass is 10.0. The van der Waals surface area contributed by atoms with Crippen LogP contribution in [0.1, 0.15) is 23.2 Å². The summed E-state index contributed by atoms with van der Waals surface area (Å²) in [4.78, 5) is 32.6. The fourth-order valence-corrected chi connectivity index (χ4v) is 4.02. The second-order valence-electron chi connectivity index (χ2n) is 7.91. The Hall–Kier alpha value is -4.13. The van der Waals surface area contributed by atoms with Gasteiger partial charge in [-0.1, -0.05) is 59.8 Å². The summed E-state index contributed by atoms with van der Waals surface area (Å²) >= 11 is 0. The van der Waals surface area contributed by atoms with E-state index in [1.165, 1.54) is 7.11 Å². The Morgan fingerprint density at radius 1 is 1.00 bits per heavy atom. The third-order valence-corrected chi connectivity index (χ3v) is 5.64. The lowest BCUT2D eigenvalue weighted by Gasteiger charge is -2.24. The largest absolute Gasteiger partial charge is 0.399 e. The van der Waals surface area contributed by atoms with Crippen LogP contribution in [0.2, 0.25) is 0 Å². The summed E-state index contributed by atoms with van der Waals surface area (Å²) < 4.78 is 0. The number of likely N-dealkylation sites (tertiary alicyclic amines) is 1. The number of hydrogen-bond donors (Lipinski definition) is 2. The third kappa shape index (κ3) is 5.20. The average Bonchev–Trinajstić information content (AvgIpc) is 3.23. The number of nitrogen functional groups attached to an aromatic ring is 1. The fourth-order valence-electron chi connectivity index (χ4n) is 4.02. The van der Waals surface area contributed by atoms with E-state index in [1.54, 1.807) is 29.2 Å². The predicted molar refractivity (Wildman–Crippen MR) is 130 cm³/mol. The Balaban J connectivity index is 1.50. The lowest BCUT2D eigenvalue weighted by molar-refractivity contribution is -0.117. The van der Waals surface area contributed by atoms with E-state index >= 15 is 0 Å². The summed E-state index contributed by atoms with van der Waals surface area (Å²) in [5.41, 5.74) is 10.4. The van der Waals surface area contributed by atoms with Crippen molar-refractivity contribution in [3.05, 3.63) is 84.4 Å². The number of hydrogen-bond acceptors (Lipinski definition) is 5. The van der Waals surface area contributed by atoms with E-state index in [-0.39, 0.29) is 24.3 Å². The first-order chi connectivity index (χ1) is 16.0. The zero-order chi connectivity index (χ0) is 23.2. The molecule has 0 spiro atoms. The molecule has 7 heteroatoms. The zero-order valence-electron chi connectivity index (χ0n) is 18.4. The van der Waals surface area contributed by atoms with Gasteiger partial charge in [-0.2, -0.15) is 0 Å². The number of carbonyl (C=O) groups excluding carboxylic acids is 2. The van der Waals surface area contributed by atoms with Gasteiger partial charge in [-0.25, -0.2) is 0 Å². The standard InChI is InChI=1S/C26H26N4O3/c1-33-29-21-15-22(16-25(31)28-24-10-6-5-9-23(24)27)30(17-21)26(32)20-13-11-19(12-14-20)18-7-3-2-4-8-18/h2-14,22H,15-17,27H2,1H3,(H,28,31)/b29-21-/t22-/m0/s1. The third-order valence-electron chi connectivity index (χ3n) is 5.64. The number of nitrogens with two attached hydrogens (primary N) is 1. The van der Waals surface area contributed by atoms with Gasteiger partial charge in [0.2, 0.25) is 5.91 Å². The van der Waals surface area contributed by atoms with Gasteiger partial charge in [-0.05, 0) is 35.4 Å². The Morgan fingerprint density at radius 3 is 2.36 bits per heavy atom. The molecule has 1 saturated heterocycles. The van der Waals surface area contributed by atoms with Crippen LogP contribution in [0.5, 0.6) is 0 Å². The minimum absolute atomic E-state index is 0.130. The van der Waals surface area contributed by atoms with Crippen LogP contribution in [0.4, 0.5) is 11.4 Å². The minimum Gasteiger partial charge on any atom is -0.399 e. The van der Waals surface area contributed by atoms with Gasteiger partial charge in [-0.3, -0.25) is 9.59 Å². The molecule has 0 bridgehead atoms. The van der Waals surface area contributed by atoms with Gasteiger partial charge in [0.25, 0.3) is 5.91 Å². The average molecular weight is 443 g/mol. The maximum absolute atomic E-state index is 13.3. The second-order valence-corrected chi connectivity index (χ2v) is 7.91. The molecule has 0 saturated carbocycles. The van der Waals surface area contributed by atoms with Gasteiger partial charge < -0.3 is 20.8 Å². The number of amides is 2. The fraction of sp³-hybridized carbons (Fsp3) is 0.192. The molecule has 3 aromatic carbocycles. The monoisotopic (exact) mass is 442 g/mol. The topological polar surface area (TPSA) is 97.0 Å². The molecular weight excluding hydrogens is 416 g/mol. The van der Waals surface area contributed by atoms with Gasteiger partial charge in [0, 0.05) is 24.4 Å². The number of anilines is 2. The van der Waals surface area contributed by atoms with Crippen LogP contribution in [0.15, 0.2) is 84.0 Å². The highest BCUT2D eigenvalue weighted by Gasteiger charge is 2.35. The smallest absolute Gasteiger partial charge is 0.254 e. The van der Waals surface area contributed by atoms with Crippen molar-refractivity contribution in [1.29, 1.82) is 0 Å². The molecule has 2 amide bonds. The highest BCUT2D eigenvalue weighted by molar-refractivity contribution is 6.02.